The van der Waals surface area contributed by atoms with Crippen LogP contribution in [0.2, 0.25) is 0 Å². The quantitative estimate of drug-likeness (QED) is 0.897. The first-order chi connectivity index (χ1) is 10.1. The van der Waals surface area contributed by atoms with Crippen molar-refractivity contribution in [3.05, 3.63) is 45.3 Å². The molecule has 1 N–H and O–H groups in total. The SMILES string of the molecule is CCc1ncnc(N2CCc3nc(C)[nH]c(=O)c3C2)c1F. The van der Waals surface area contributed by atoms with Gasteiger partial charge < -0.3 is 9.88 Å². The number of H-pyrrole nitrogens is 1. The first kappa shape index (κ1) is 13.7. The maximum Gasteiger partial charge on any atom is 0.256 e. The maximum atomic E-state index is 14.3. The molecular formula is C14H16FN5O. The molecule has 1 aliphatic rings. The summed E-state index contributed by atoms with van der Waals surface area (Å²) in [5.41, 5.74) is 1.61. The summed E-state index contributed by atoms with van der Waals surface area (Å²) in [6.07, 6.45) is 2.47. The number of fused-ring (bicyclic) bond motifs is 1. The molecule has 0 bridgehead atoms. The standard InChI is InChI=1S/C14H16FN5O/c1-3-10-12(15)13(17-7-16-10)20-5-4-11-9(6-20)14(21)19-8(2)18-11/h7H,3-6H2,1-2H3,(H,18,19,21). The topological polar surface area (TPSA) is 74.8 Å². The van der Waals surface area contributed by atoms with Crippen molar-refractivity contribution >= 4 is 5.82 Å². The fraction of sp³-hybridized carbons (Fsp3) is 0.429. The van der Waals surface area contributed by atoms with Gasteiger partial charge in [0.1, 0.15) is 12.2 Å². The second-order valence-electron chi connectivity index (χ2n) is 5.06. The predicted molar refractivity (Wildman–Crippen MR) is 75.7 cm³/mol. The van der Waals surface area contributed by atoms with E-state index in [4.69, 9.17) is 0 Å². The summed E-state index contributed by atoms with van der Waals surface area (Å²) in [7, 11) is 0. The molecule has 0 radical (unpaired) electrons. The molecule has 0 spiro atoms. The van der Waals surface area contributed by atoms with E-state index in [1.54, 1.807) is 11.8 Å². The Kier molecular flexibility index (Phi) is 3.40. The smallest absolute Gasteiger partial charge is 0.256 e. The summed E-state index contributed by atoms with van der Waals surface area (Å²) in [6.45, 7) is 4.50. The Hall–Kier alpha value is -2.31. The van der Waals surface area contributed by atoms with Gasteiger partial charge in [0, 0.05) is 13.0 Å². The Morgan fingerprint density at radius 2 is 2.24 bits per heavy atom. The largest absolute Gasteiger partial charge is 0.349 e. The Morgan fingerprint density at radius 1 is 1.43 bits per heavy atom. The van der Waals surface area contributed by atoms with Gasteiger partial charge in [-0.25, -0.2) is 19.3 Å². The summed E-state index contributed by atoms with van der Waals surface area (Å²) in [4.78, 5) is 28.8. The molecule has 2 aromatic rings. The van der Waals surface area contributed by atoms with Crippen molar-refractivity contribution in [2.24, 2.45) is 0 Å². The lowest BCUT2D eigenvalue weighted by Crippen LogP contribution is -2.37. The average Bonchev–Trinajstić information content (AvgIpc) is 2.47. The molecule has 6 nitrogen and oxygen atoms in total. The van der Waals surface area contributed by atoms with Crippen molar-refractivity contribution in [2.45, 2.75) is 33.2 Å². The van der Waals surface area contributed by atoms with Crippen LogP contribution in [0.25, 0.3) is 0 Å². The number of hydrogen-bond donors (Lipinski definition) is 1. The molecule has 0 saturated carbocycles. The lowest BCUT2D eigenvalue weighted by Gasteiger charge is -2.29. The van der Waals surface area contributed by atoms with Crippen LogP contribution < -0.4 is 10.5 Å². The van der Waals surface area contributed by atoms with Gasteiger partial charge in [-0.15, -0.1) is 0 Å². The Balaban J connectivity index is 1.99. The van der Waals surface area contributed by atoms with Crippen molar-refractivity contribution in [1.29, 1.82) is 0 Å². The van der Waals surface area contributed by atoms with Crippen LogP contribution in [0, 0.1) is 12.7 Å². The number of aryl methyl sites for hydroxylation is 2. The minimum Gasteiger partial charge on any atom is -0.349 e. The van der Waals surface area contributed by atoms with Gasteiger partial charge in [0.05, 0.1) is 23.5 Å². The number of anilines is 1. The van der Waals surface area contributed by atoms with Gasteiger partial charge in [-0.05, 0) is 13.3 Å². The average molecular weight is 289 g/mol. The van der Waals surface area contributed by atoms with Gasteiger partial charge in [0.15, 0.2) is 11.6 Å². The number of halogens is 1. The van der Waals surface area contributed by atoms with Crippen molar-refractivity contribution in [3.8, 4) is 0 Å². The molecule has 3 rings (SSSR count). The van der Waals surface area contributed by atoms with Gasteiger partial charge in [-0.3, -0.25) is 4.79 Å². The van der Waals surface area contributed by atoms with Gasteiger partial charge in [-0.2, -0.15) is 0 Å². The Morgan fingerprint density at radius 3 is 3.00 bits per heavy atom. The van der Waals surface area contributed by atoms with Gasteiger partial charge >= 0.3 is 0 Å². The summed E-state index contributed by atoms with van der Waals surface area (Å²) in [6, 6.07) is 0. The number of nitrogens with zero attached hydrogens (tertiary/aromatic N) is 4. The van der Waals surface area contributed by atoms with Gasteiger partial charge in [0.2, 0.25) is 0 Å². The molecule has 2 aromatic heterocycles. The van der Waals surface area contributed by atoms with Crippen LogP contribution in [0.5, 0.6) is 0 Å². The zero-order chi connectivity index (χ0) is 15.0. The summed E-state index contributed by atoms with van der Waals surface area (Å²) >= 11 is 0. The lowest BCUT2D eigenvalue weighted by molar-refractivity contribution is 0.574. The molecule has 1 aliphatic heterocycles. The first-order valence-corrected chi connectivity index (χ1v) is 6.93. The Bertz CT molecular complexity index is 743. The third-order valence-corrected chi connectivity index (χ3v) is 3.66. The van der Waals surface area contributed by atoms with E-state index in [1.807, 2.05) is 6.92 Å². The van der Waals surface area contributed by atoms with E-state index in [0.29, 0.717) is 43.0 Å². The molecule has 21 heavy (non-hydrogen) atoms. The van der Waals surface area contributed by atoms with Crippen molar-refractivity contribution < 1.29 is 4.39 Å². The van der Waals surface area contributed by atoms with Crippen molar-refractivity contribution in [3.63, 3.8) is 0 Å². The Labute approximate surface area is 121 Å². The molecule has 0 amide bonds. The molecule has 0 aromatic carbocycles. The van der Waals surface area contributed by atoms with E-state index >= 15 is 0 Å². The molecule has 0 unspecified atom stereocenters. The highest BCUT2D eigenvalue weighted by Crippen LogP contribution is 2.23. The van der Waals surface area contributed by atoms with Crippen molar-refractivity contribution in [1.82, 2.24) is 19.9 Å². The van der Waals surface area contributed by atoms with Gasteiger partial charge in [0.25, 0.3) is 5.56 Å². The minimum atomic E-state index is -0.403. The first-order valence-electron chi connectivity index (χ1n) is 6.93. The number of nitrogens with one attached hydrogen (secondary N) is 1. The molecule has 7 heteroatoms. The van der Waals surface area contributed by atoms with Crippen LogP contribution in [0.15, 0.2) is 11.1 Å². The normalized spacial score (nSPS) is 14.1. The van der Waals surface area contributed by atoms with Crippen LogP contribution in [0.4, 0.5) is 10.2 Å². The van der Waals surface area contributed by atoms with E-state index in [2.05, 4.69) is 19.9 Å². The minimum absolute atomic E-state index is 0.160. The maximum absolute atomic E-state index is 14.3. The van der Waals surface area contributed by atoms with E-state index in [9.17, 15) is 9.18 Å². The van der Waals surface area contributed by atoms with E-state index in [0.717, 1.165) is 5.69 Å². The number of hydrogen-bond acceptors (Lipinski definition) is 5. The third-order valence-electron chi connectivity index (χ3n) is 3.66. The molecule has 110 valence electrons. The van der Waals surface area contributed by atoms with Crippen LogP contribution in [-0.4, -0.2) is 26.5 Å². The molecule has 0 atom stereocenters. The fourth-order valence-corrected chi connectivity index (χ4v) is 2.59. The zero-order valence-electron chi connectivity index (χ0n) is 12.0. The summed E-state index contributed by atoms with van der Waals surface area (Å²) < 4.78 is 14.3. The highest BCUT2D eigenvalue weighted by atomic mass is 19.1. The molecule has 0 saturated heterocycles. The van der Waals surface area contributed by atoms with Crippen molar-refractivity contribution in [2.75, 3.05) is 11.4 Å². The molecular weight excluding hydrogens is 273 g/mol. The summed E-state index contributed by atoms with van der Waals surface area (Å²) in [5, 5.41) is 0. The van der Waals surface area contributed by atoms with Gasteiger partial charge in [-0.1, -0.05) is 6.92 Å². The summed E-state index contributed by atoms with van der Waals surface area (Å²) in [5.74, 6) is 0.459. The lowest BCUT2D eigenvalue weighted by atomic mass is 10.1. The fourth-order valence-electron chi connectivity index (χ4n) is 2.59. The highest BCUT2D eigenvalue weighted by Gasteiger charge is 2.24. The number of aromatic nitrogens is 4. The van der Waals surface area contributed by atoms with E-state index in [-0.39, 0.29) is 11.4 Å². The van der Waals surface area contributed by atoms with Crippen LogP contribution in [-0.2, 0) is 19.4 Å². The van der Waals surface area contributed by atoms with Crippen LogP contribution in [0.3, 0.4) is 0 Å². The predicted octanol–water partition coefficient (Wildman–Crippen LogP) is 1.13. The molecule has 0 fully saturated rings. The van der Waals surface area contributed by atoms with E-state index in [1.165, 1.54) is 6.33 Å². The number of rotatable bonds is 2. The molecule has 3 heterocycles. The third kappa shape index (κ3) is 2.39. The zero-order valence-corrected chi connectivity index (χ0v) is 12.0. The monoisotopic (exact) mass is 289 g/mol. The number of aromatic amines is 1. The highest BCUT2D eigenvalue weighted by molar-refractivity contribution is 5.44. The van der Waals surface area contributed by atoms with Crippen LogP contribution in [0.1, 0.15) is 29.7 Å². The second kappa shape index (κ2) is 5.23. The second-order valence-corrected chi connectivity index (χ2v) is 5.06. The molecule has 0 aliphatic carbocycles. The van der Waals surface area contributed by atoms with E-state index < -0.39 is 5.82 Å². The van der Waals surface area contributed by atoms with Crippen LogP contribution >= 0.6 is 0 Å².